The molecule has 1 N–H and O–H groups in total. The van der Waals surface area contributed by atoms with E-state index in [1.807, 2.05) is 0 Å². The summed E-state index contributed by atoms with van der Waals surface area (Å²) in [7, 11) is 0. The minimum absolute atomic E-state index is 0.0827. The Bertz CT molecular complexity index is 134. The molecule has 0 saturated carbocycles. The van der Waals surface area contributed by atoms with Crippen molar-refractivity contribution in [2.24, 2.45) is 0 Å². The largest absolute Gasteiger partial charge is 0.372 e. The topological polar surface area (TPSA) is 30.5 Å². The lowest BCUT2D eigenvalue weighted by Crippen LogP contribution is -2.59. The van der Waals surface area contributed by atoms with E-state index in [0.29, 0.717) is 6.04 Å². The van der Waals surface area contributed by atoms with Crippen LogP contribution in [0.15, 0.2) is 0 Å². The lowest BCUT2D eigenvalue weighted by atomic mass is 10.2. The van der Waals surface area contributed by atoms with Crippen LogP contribution < -0.4 is 5.32 Å². The van der Waals surface area contributed by atoms with Gasteiger partial charge in [-0.3, -0.25) is 5.32 Å². The maximum Gasteiger partial charge on any atom is 0.166 e. The average Bonchev–Trinajstić information content (AvgIpc) is 2.29. The molecule has 2 saturated heterocycles. The van der Waals surface area contributed by atoms with Gasteiger partial charge in [-0.15, -0.1) is 0 Å². The maximum absolute atomic E-state index is 5.54. The fourth-order valence-corrected chi connectivity index (χ4v) is 1.39. The van der Waals surface area contributed by atoms with E-state index >= 15 is 0 Å². The van der Waals surface area contributed by atoms with E-state index in [4.69, 9.17) is 9.47 Å². The third-order valence-corrected chi connectivity index (χ3v) is 2.19. The second-order valence-corrected chi connectivity index (χ2v) is 3.05. The molecule has 1 atom stereocenters. The second-order valence-electron chi connectivity index (χ2n) is 3.05. The summed E-state index contributed by atoms with van der Waals surface area (Å²) in [6.07, 6.45) is 1.14. The highest BCUT2D eigenvalue weighted by atomic mass is 16.6. The normalized spacial score (nSPS) is 36.3. The minimum Gasteiger partial charge on any atom is -0.372 e. The smallest absolute Gasteiger partial charge is 0.166 e. The van der Waals surface area contributed by atoms with Gasteiger partial charge in [0, 0.05) is 6.04 Å². The molecule has 3 nitrogen and oxygen atoms in total. The molecule has 1 unspecified atom stereocenters. The van der Waals surface area contributed by atoms with Crippen LogP contribution in [0.2, 0.25) is 0 Å². The summed E-state index contributed by atoms with van der Waals surface area (Å²) in [4.78, 5) is 0. The van der Waals surface area contributed by atoms with E-state index in [0.717, 1.165) is 26.2 Å². The summed E-state index contributed by atoms with van der Waals surface area (Å²) in [6, 6.07) is 0.545. The summed E-state index contributed by atoms with van der Waals surface area (Å²) in [6.45, 7) is 4.46. The molecule has 0 aromatic carbocycles. The van der Waals surface area contributed by atoms with Crippen LogP contribution in [0.1, 0.15) is 13.3 Å². The summed E-state index contributed by atoms with van der Waals surface area (Å²) in [5.74, 6) is 0. The fourth-order valence-electron chi connectivity index (χ4n) is 1.39. The fraction of sp³-hybridized carbons (Fsp3) is 1.00. The van der Waals surface area contributed by atoms with Gasteiger partial charge in [0.1, 0.15) is 0 Å². The Labute approximate surface area is 60.7 Å². The van der Waals surface area contributed by atoms with Crippen LogP contribution in [0.3, 0.4) is 0 Å². The summed E-state index contributed by atoms with van der Waals surface area (Å²) in [5.41, 5.74) is -0.0827. The number of nitrogens with one attached hydrogen (secondary N) is 1. The zero-order chi connectivity index (χ0) is 7.03. The molecule has 58 valence electrons. The number of hydrogen-bond donors (Lipinski definition) is 1. The van der Waals surface area contributed by atoms with Crippen molar-refractivity contribution in [1.82, 2.24) is 5.32 Å². The van der Waals surface area contributed by atoms with Crippen LogP contribution in [0.25, 0.3) is 0 Å². The Morgan fingerprint density at radius 1 is 1.60 bits per heavy atom. The van der Waals surface area contributed by atoms with Crippen LogP contribution in [0.5, 0.6) is 0 Å². The first kappa shape index (κ1) is 6.58. The molecule has 2 aliphatic rings. The Balaban J connectivity index is 1.92. The SMILES string of the molecule is CCC1COC2(COC2)N1. The zero-order valence-corrected chi connectivity index (χ0v) is 6.22. The molecule has 2 fully saturated rings. The Kier molecular flexibility index (Phi) is 1.44. The first-order valence-electron chi connectivity index (χ1n) is 3.84. The monoisotopic (exact) mass is 143 g/mol. The van der Waals surface area contributed by atoms with Crippen LogP contribution in [0.4, 0.5) is 0 Å². The van der Waals surface area contributed by atoms with Gasteiger partial charge in [0.05, 0.1) is 19.8 Å². The Morgan fingerprint density at radius 3 is 2.70 bits per heavy atom. The Morgan fingerprint density at radius 2 is 2.40 bits per heavy atom. The van der Waals surface area contributed by atoms with E-state index in [2.05, 4.69) is 12.2 Å². The molecule has 0 aliphatic carbocycles. The lowest BCUT2D eigenvalue weighted by molar-refractivity contribution is -0.195. The summed E-state index contributed by atoms with van der Waals surface area (Å²) in [5, 5.41) is 3.41. The molecule has 3 heteroatoms. The van der Waals surface area contributed by atoms with E-state index in [9.17, 15) is 0 Å². The standard InChI is InChI=1S/C7H13NO2/c1-2-6-3-10-7(8-6)4-9-5-7/h6,8H,2-5H2,1H3. The zero-order valence-electron chi connectivity index (χ0n) is 6.22. The molecule has 10 heavy (non-hydrogen) atoms. The van der Waals surface area contributed by atoms with Gasteiger partial charge in [-0.2, -0.15) is 0 Å². The molecule has 2 rings (SSSR count). The van der Waals surface area contributed by atoms with Crippen LogP contribution in [-0.2, 0) is 9.47 Å². The van der Waals surface area contributed by atoms with Crippen molar-refractivity contribution >= 4 is 0 Å². The molecular weight excluding hydrogens is 130 g/mol. The van der Waals surface area contributed by atoms with Crippen molar-refractivity contribution in [3.8, 4) is 0 Å². The third-order valence-electron chi connectivity index (χ3n) is 2.19. The predicted octanol–water partition coefficient (Wildman–Crippen LogP) is 0.111. The molecule has 1 spiro atoms. The quantitative estimate of drug-likeness (QED) is 0.565. The van der Waals surface area contributed by atoms with Gasteiger partial charge >= 0.3 is 0 Å². The number of rotatable bonds is 1. The van der Waals surface area contributed by atoms with Crippen LogP contribution in [0, 0.1) is 0 Å². The number of ether oxygens (including phenoxy) is 2. The maximum atomic E-state index is 5.54. The summed E-state index contributed by atoms with van der Waals surface area (Å²) < 4.78 is 10.6. The molecule has 0 amide bonds. The van der Waals surface area contributed by atoms with Crippen molar-refractivity contribution in [2.75, 3.05) is 19.8 Å². The van der Waals surface area contributed by atoms with E-state index in [1.165, 1.54) is 0 Å². The van der Waals surface area contributed by atoms with E-state index in [1.54, 1.807) is 0 Å². The predicted molar refractivity (Wildman–Crippen MR) is 36.7 cm³/mol. The Hall–Kier alpha value is -0.120. The average molecular weight is 143 g/mol. The highest BCUT2D eigenvalue weighted by molar-refractivity contribution is 4.92. The van der Waals surface area contributed by atoms with Gasteiger partial charge < -0.3 is 9.47 Å². The van der Waals surface area contributed by atoms with Gasteiger partial charge in [-0.25, -0.2) is 0 Å². The molecule has 0 radical (unpaired) electrons. The van der Waals surface area contributed by atoms with Gasteiger partial charge in [0.25, 0.3) is 0 Å². The lowest BCUT2D eigenvalue weighted by Gasteiger charge is -2.37. The van der Waals surface area contributed by atoms with Crippen molar-refractivity contribution in [3.05, 3.63) is 0 Å². The van der Waals surface area contributed by atoms with E-state index < -0.39 is 0 Å². The summed E-state index contributed by atoms with van der Waals surface area (Å²) >= 11 is 0. The van der Waals surface area contributed by atoms with Crippen LogP contribution in [-0.4, -0.2) is 31.6 Å². The van der Waals surface area contributed by atoms with Gasteiger partial charge in [-0.05, 0) is 6.42 Å². The highest BCUT2D eigenvalue weighted by Gasteiger charge is 2.45. The molecule has 0 aromatic rings. The van der Waals surface area contributed by atoms with Gasteiger partial charge in [0.15, 0.2) is 5.72 Å². The van der Waals surface area contributed by atoms with Crippen LogP contribution >= 0.6 is 0 Å². The first-order chi connectivity index (χ1) is 4.85. The molecular formula is C7H13NO2. The van der Waals surface area contributed by atoms with Crippen molar-refractivity contribution in [1.29, 1.82) is 0 Å². The molecule has 0 bridgehead atoms. The molecule has 2 aliphatic heterocycles. The first-order valence-corrected chi connectivity index (χ1v) is 3.84. The third kappa shape index (κ3) is 0.856. The highest BCUT2D eigenvalue weighted by Crippen LogP contribution is 2.25. The molecule has 2 heterocycles. The number of hydrogen-bond acceptors (Lipinski definition) is 3. The van der Waals surface area contributed by atoms with Gasteiger partial charge in [-0.1, -0.05) is 6.92 Å². The van der Waals surface area contributed by atoms with E-state index in [-0.39, 0.29) is 5.72 Å². The second kappa shape index (κ2) is 2.19. The van der Waals surface area contributed by atoms with Crippen molar-refractivity contribution in [2.45, 2.75) is 25.1 Å². The minimum atomic E-state index is -0.0827. The van der Waals surface area contributed by atoms with Gasteiger partial charge in [0.2, 0.25) is 0 Å². The van der Waals surface area contributed by atoms with Crippen molar-refractivity contribution in [3.63, 3.8) is 0 Å². The molecule has 0 aromatic heterocycles. The van der Waals surface area contributed by atoms with Crippen molar-refractivity contribution < 1.29 is 9.47 Å².